The summed E-state index contributed by atoms with van der Waals surface area (Å²) in [7, 11) is 0. The number of rotatable bonds is 2. The Morgan fingerprint density at radius 2 is 2.00 bits per heavy atom. The Bertz CT molecular complexity index is 241. The van der Waals surface area contributed by atoms with Gasteiger partial charge in [0.05, 0.1) is 4.36 Å². The Morgan fingerprint density at radius 3 is 2.55 bits per heavy atom. The van der Waals surface area contributed by atoms with Gasteiger partial charge in [0, 0.05) is 4.90 Å². The third-order valence-corrected chi connectivity index (χ3v) is 2.57. The standard InChI is InChI=1S/C9H9ClS/c1-2-9(10)11-8-6-4-3-5-7-8/h2-7H,1H3. The fourth-order valence-electron chi connectivity index (χ4n) is 0.660. The van der Waals surface area contributed by atoms with Crippen LogP contribution in [0.2, 0.25) is 0 Å². The number of thioether (sulfide) groups is 1. The minimum Gasteiger partial charge on any atom is -0.0781 e. The lowest BCUT2D eigenvalue weighted by Crippen LogP contribution is -1.67. The minimum atomic E-state index is 0.816. The SMILES string of the molecule is CC=C(Cl)Sc1ccccc1. The molecule has 11 heavy (non-hydrogen) atoms. The smallest absolute Gasteiger partial charge is 0.0739 e. The largest absolute Gasteiger partial charge is 0.0781 e. The maximum atomic E-state index is 5.82. The van der Waals surface area contributed by atoms with Gasteiger partial charge < -0.3 is 0 Å². The van der Waals surface area contributed by atoms with E-state index in [0.29, 0.717) is 0 Å². The van der Waals surface area contributed by atoms with Crippen molar-refractivity contribution in [1.29, 1.82) is 0 Å². The summed E-state index contributed by atoms with van der Waals surface area (Å²) >= 11 is 7.39. The van der Waals surface area contributed by atoms with Crippen molar-refractivity contribution in [2.75, 3.05) is 0 Å². The first-order chi connectivity index (χ1) is 5.33. The summed E-state index contributed by atoms with van der Waals surface area (Å²) in [5, 5.41) is 0. The molecule has 0 aliphatic rings. The van der Waals surface area contributed by atoms with Crippen LogP contribution in [-0.4, -0.2) is 0 Å². The molecule has 0 radical (unpaired) electrons. The zero-order chi connectivity index (χ0) is 8.10. The zero-order valence-corrected chi connectivity index (χ0v) is 7.82. The lowest BCUT2D eigenvalue weighted by Gasteiger charge is -1.96. The second-order valence-corrected chi connectivity index (χ2v) is 3.75. The van der Waals surface area contributed by atoms with Crippen molar-refractivity contribution in [2.45, 2.75) is 11.8 Å². The van der Waals surface area contributed by atoms with E-state index in [4.69, 9.17) is 11.6 Å². The van der Waals surface area contributed by atoms with Gasteiger partial charge in [-0.2, -0.15) is 0 Å². The molecule has 0 heterocycles. The van der Waals surface area contributed by atoms with Gasteiger partial charge in [0.2, 0.25) is 0 Å². The third-order valence-electron chi connectivity index (χ3n) is 1.19. The fraction of sp³-hybridized carbons (Fsp3) is 0.111. The van der Waals surface area contributed by atoms with Gasteiger partial charge >= 0.3 is 0 Å². The van der Waals surface area contributed by atoms with E-state index in [1.807, 2.05) is 43.3 Å². The lowest BCUT2D eigenvalue weighted by molar-refractivity contribution is 1.47. The van der Waals surface area contributed by atoms with Gasteiger partial charge in [0.25, 0.3) is 0 Å². The van der Waals surface area contributed by atoms with Crippen molar-refractivity contribution in [2.24, 2.45) is 0 Å². The van der Waals surface area contributed by atoms with E-state index < -0.39 is 0 Å². The summed E-state index contributed by atoms with van der Waals surface area (Å²) in [6.07, 6.45) is 1.89. The molecule has 0 nitrogen and oxygen atoms in total. The molecule has 58 valence electrons. The molecule has 0 aliphatic carbocycles. The lowest BCUT2D eigenvalue weighted by atomic mass is 10.4. The molecule has 0 aromatic heterocycles. The summed E-state index contributed by atoms with van der Waals surface area (Å²) in [5.74, 6) is 0. The van der Waals surface area contributed by atoms with Crippen molar-refractivity contribution in [3.63, 3.8) is 0 Å². The average molecular weight is 185 g/mol. The topological polar surface area (TPSA) is 0 Å². The summed E-state index contributed by atoms with van der Waals surface area (Å²) in [6, 6.07) is 10.1. The first-order valence-electron chi connectivity index (χ1n) is 3.37. The normalized spacial score (nSPS) is 11.6. The van der Waals surface area contributed by atoms with E-state index in [1.165, 1.54) is 4.90 Å². The van der Waals surface area contributed by atoms with E-state index in [9.17, 15) is 0 Å². The van der Waals surface area contributed by atoms with E-state index in [1.54, 1.807) is 11.8 Å². The highest BCUT2D eigenvalue weighted by molar-refractivity contribution is 8.04. The maximum absolute atomic E-state index is 5.82. The van der Waals surface area contributed by atoms with Crippen LogP contribution in [0.25, 0.3) is 0 Å². The Hall–Kier alpha value is -0.400. The number of allylic oxidation sites excluding steroid dienone is 1. The van der Waals surface area contributed by atoms with E-state index >= 15 is 0 Å². The van der Waals surface area contributed by atoms with Crippen molar-refractivity contribution in [3.05, 3.63) is 40.8 Å². The Balaban J connectivity index is 2.65. The van der Waals surface area contributed by atoms with Gasteiger partial charge in [0.15, 0.2) is 0 Å². The van der Waals surface area contributed by atoms with Crippen LogP contribution in [0.4, 0.5) is 0 Å². The Kier molecular flexibility index (Phi) is 3.53. The second kappa shape index (κ2) is 4.47. The van der Waals surface area contributed by atoms with Crippen LogP contribution in [-0.2, 0) is 0 Å². The quantitative estimate of drug-likeness (QED) is 0.629. The Morgan fingerprint density at radius 1 is 1.36 bits per heavy atom. The predicted octanol–water partition coefficient (Wildman–Crippen LogP) is 3.88. The molecule has 0 spiro atoms. The molecule has 0 aliphatic heterocycles. The van der Waals surface area contributed by atoms with Gasteiger partial charge in [-0.1, -0.05) is 47.6 Å². The predicted molar refractivity (Wildman–Crippen MR) is 51.9 cm³/mol. The first kappa shape index (κ1) is 8.69. The first-order valence-corrected chi connectivity index (χ1v) is 4.57. The van der Waals surface area contributed by atoms with E-state index in [2.05, 4.69) is 0 Å². The molecule has 0 unspecified atom stereocenters. The molecule has 1 aromatic rings. The molecular formula is C9H9ClS. The summed E-state index contributed by atoms with van der Waals surface area (Å²) in [6.45, 7) is 1.93. The molecule has 0 N–H and O–H groups in total. The van der Waals surface area contributed by atoms with Crippen LogP contribution >= 0.6 is 23.4 Å². The molecule has 2 heteroatoms. The number of benzene rings is 1. The van der Waals surface area contributed by atoms with E-state index in [0.717, 1.165) is 4.36 Å². The molecule has 0 saturated heterocycles. The molecule has 1 rings (SSSR count). The van der Waals surface area contributed by atoms with Crippen LogP contribution in [0.5, 0.6) is 0 Å². The summed E-state index contributed by atoms with van der Waals surface area (Å²) < 4.78 is 0.816. The van der Waals surface area contributed by atoms with Crippen molar-refractivity contribution in [3.8, 4) is 0 Å². The molecule has 0 amide bonds. The monoisotopic (exact) mass is 184 g/mol. The minimum absolute atomic E-state index is 0.816. The average Bonchev–Trinajstić information content (AvgIpc) is 2.06. The van der Waals surface area contributed by atoms with E-state index in [-0.39, 0.29) is 0 Å². The maximum Gasteiger partial charge on any atom is 0.0739 e. The van der Waals surface area contributed by atoms with Crippen molar-refractivity contribution >= 4 is 23.4 Å². The molecule has 0 saturated carbocycles. The van der Waals surface area contributed by atoms with Crippen molar-refractivity contribution < 1.29 is 0 Å². The third kappa shape index (κ3) is 3.00. The van der Waals surface area contributed by atoms with Crippen LogP contribution < -0.4 is 0 Å². The van der Waals surface area contributed by atoms with Crippen LogP contribution in [0.15, 0.2) is 45.7 Å². The van der Waals surface area contributed by atoms with Gasteiger partial charge in [-0.05, 0) is 19.1 Å². The van der Waals surface area contributed by atoms with Crippen LogP contribution in [0, 0.1) is 0 Å². The number of halogens is 1. The van der Waals surface area contributed by atoms with Crippen LogP contribution in [0.3, 0.4) is 0 Å². The molecule has 1 aromatic carbocycles. The molecule has 0 atom stereocenters. The van der Waals surface area contributed by atoms with Gasteiger partial charge in [-0.3, -0.25) is 0 Å². The number of hydrogen-bond acceptors (Lipinski definition) is 1. The van der Waals surface area contributed by atoms with Gasteiger partial charge in [0.1, 0.15) is 0 Å². The van der Waals surface area contributed by atoms with Crippen molar-refractivity contribution in [1.82, 2.24) is 0 Å². The van der Waals surface area contributed by atoms with Gasteiger partial charge in [-0.15, -0.1) is 0 Å². The summed E-state index contributed by atoms with van der Waals surface area (Å²) in [5.41, 5.74) is 0. The highest BCUT2D eigenvalue weighted by atomic mass is 35.5. The van der Waals surface area contributed by atoms with Gasteiger partial charge in [-0.25, -0.2) is 0 Å². The molecular weight excluding hydrogens is 176 g/mol. The second-order valence-electron chi connectivity index (χ2n) is 2.01. The van der Waals surface area contributed by atoms with Crippen LogP contribution in [0.1, 0.15) is 6.92 Å². The highest BCUT2D eigenvalue weighted by Gasteiger charge is 1.93. The number of hydrogen-bond donors (Lipinski definition) is 0. The Labute approximate surface area is 76.3 Å². The summed E-state index contributed by atoms with van der Waals surface area (Å²) in [4.78, 5) is 1.18. The fourth-order valence-corrected chi connectivity index (χ4v) is 1.56. The molecule has 0 fully saturated rings. The highest BCUT2D eigenvalue weighted by Crippen LogP contribution is 2.28. The zero-order valence-electron chi connectivity index (χ0n) is 6.25. The molecule has 0 bridgehead atoms.